The Bertz CT molecular complexity index is 576. The first-order chi connectivity index (χ1) is 10.1. The second-order valence-corrected chi connectivity index (χ2v) is 5.50. The van der Waals surface area contributed by atoms with Crippen LogP contribution >= 0.6 is 0 Å². The summed E-state index contributed by atoms with van der Waals surface area (Å²) in [5.74, 6) is 2.10. The normalized spacial score (nSPS) is 10.7. The van der Waals surface area contributed by atoms with Gasteiger partial charge >= 0.3 is 0 Å². The molecule has 0 atom stereocenters. The van der Waals surface area contributed by atoms with Crippen LogP contribution < -0.4 is 10.6 Å². The standard InChI is InChI=1S/C17H24N4/c1-5-18-17-20-13(4)10-16(21-17)19-11-14-6-8-15(9-7-14)12(2)3/h6-10,12H,5,11H2,1-4H3,(H2,18,19,20,21). The van der Waals surface area contributed by atoms with Crippen LogP contribution in [0.5, 0.6) is 0 Å². The summed E-state index contributed by atoms with van der Waals surface area (Å²) in [6.07, 6.45) is 0. The molecule has 0 amide bonds. The first kappa shape index (κ1) is 15.3. The summed E-state index contributed by atoms with van der Waals surface area (Å²) in [4.78, 5) is 8.80. The van der Waals surface area contributed by atoms with Gasteiger partial charge in [-0.05, 0) is 30.9 Å². The monoisotopic (exact) mass is 284 g/mol. The van der Waals surface area contributed by atoms with E-state index in [1.54, 1.807) is 0 Å². The minimum absolute atomic E-state index is 0.569. The van der Waals surface area contributed by atoms with Crippen molar-refractivity contribution < 1.29 is 0 Å². The van der Waals surface area contributed by atoms with Crippen molar-refractivity contribution in [2.45, 2.75) is 40.2 Å². The summed E-state index contributed by atoms with van der Waals surface area (Å²) >= 11 is 0. The van der Waals surface area contributed by atoms with Crippen LogP contribution in [0.25, 0.3) is 0 Å². The predicted molar refractivity (Wildman–Crippen MR) is 88.8 cm³/mol. The van der Waals surface area contributed by atoms with Crippen molar-refractivity contribution in [2.24, 2.45) is 0 Å². The average molecular weight is 284 g/mol. The molecule has 1 aromatic carbocycles. The summed E-state index contributed by atoms with van der Waals surface area (Å²) in [6.45, 7) is 10.0. The van der Waals surface area contributed by atoms with Gasteiger partial charge < -0.3 is 10.6 Å². The predicted octanol–water partition coefficient (Wildman–Crippen LogP) is 3.95. The largest absolute Gasteiger partial charge is 0.366 e. The van der Waals surface area contributed by atoms with Gasteiger partial charge in [0.25, 0.3) is 0 Å². The Labute approximate surface area is 127 Å². The Hall–Kier alpha value is -2.10. The third-order valence-electron chi connectivity index (χ3n) is 3.31. The highest BCUT2D eigenvalue weighted by Gasteiger charge is 2.02. The molecule has 2 N–H and O–H groups in total. The SMILES string of the molecule is CCNc1nc(C)cc(NCc2ccc(C(C)C)cc2)n1. The first-order valence-corrected chi connectivity index (χ1v) is 7.50. The van der Waals surface area contributed by atoms with Gasteiger partial charge in [-0.3, -0.25) is 0 Å². The summed E-state index contributed by atoms with van der Waals surface area (Å²) in [6, 6.07) is 10.7. The molecule has 0 aliphatic rings. The molecule has 1 heterocycles. The Balaban J connectivity index is 2.02. The number of aromatic nitrogens is 2. The van der Waals surface area contributed by atoms with Crippen LogP contribution in [0, 0.1) is 6.92 Å². The molecular formula is C17H24N4. The van der Waals surface area contributed by atoms with Gasteiger partial charge in [0.2, 0.25) is 5.95 Å². The second-order valence-electron chi connectivity index (χ2n) is 5.50. The van der Waals surface area contributed by atoms with E-state index in [1.165, 1.54) is 11.1 Å². The molecule has 0 saturated carbocycles. The van der Waals surface area contributed by atoms with E-state index >= 15 is 0 Å². The van der Waals surface area contributed by atoms with Crippen LogP contribution in [-0.4, -0.2) is 16.5 Å². The van der Waals surface area contributed by atoms with E-state index in [0.717, 1.165) is 24.6 Å². The number of benzene rings is 1. The molecule has 0 unspecified atom stereocenters. The molecule has 0 radical (unpaired) electrons. The van der Waals surface area contributed by atoms with Gasteiger partial charge in [0.05, 0.1) is 0 Å². The van der Waals surface area contributed by atoms with Gasteiger partial charge in [-0.15, -0.1) is 0 Å². The zero-order chi connectivity index (χ0) is 15.2. The molecule has 4 heteroatoms. The number of hydrogen-bond acceptors (Lipinski definition) is 4. The second kappa shape index (κ2) is 7.07. The van der Waals surface area contributed by atoms with E-state index in [2.05, 4.69) is 58.7 Å². The molecule has 112 valence electrons. The van der Waals surface area contributed by atoms with Crippen LogP contribution in [0.3, 0.4) is 0 Å². The number of nitrogens with zero attached hydrogens (tertiary/aromatic N) is 2. The van der Waals surface area contributed by atoms with Crippen molar-refractivity contribution in [3.8, 4) is 0 Å². The van der Waals surface area contributed by atoms with Gasteiger partial charge in [-0.25, -0.2) is 4.98 Å². The quantitative estimate of drug-likeness (QED) is 0.843. The highest BCUT2D eigenvalue weighted by molar-refractivity contribution is 5.42. The molecule has 0 aliphatic heterocycles. The van der Waals surface area contributed by atoms with Gasteiger partial charge in [-0.1, -0.05) is 38.1 Å². The summed E-state index contributed by atoms with van der Waals surface area (Å²) in [5.41, 5.74) is 3.57. The van der Waals surface area contributed by atoms with Crippen LogP contribution in [0.2, 0.25) is 0 Å². The number of anilines is 2. The average Bonchev–Trinajstić information content (AvgIpc) is 2.45. The lowest BCUT2D eigenvalue weighted by Crippen LogP contribution is -2.07. The molecule has 0 bridgehead atoms. The summed E-state index contributed by atoms with van der Waals surface area (Å²) < 4.78 is 0. The Kier molecular flexibility index (Phi) is 5.14. The molecule has 0 saturated heterocycles. The van der Waals surface area contributed by atoms with Crippen LogP contribution in [0.4, 0.5) is 11.8 Å². The zero-order valence-corrected chi connectivity index (χ0v) is 13.3. The minimum atomic E-state index is 0.569. The Morgan fingerprint density at radius 2 is 1.76 bits per heavy atom. The van der Waals surface area contributed by atoms with Crippen molar-refractivity contribution in [1.29, 1.82) is 0 Å². The fraction of sp³-hybridized carbons (Fsp3) is 0.412. The maximum absolute atomic E-state index is 4.45. The topological polar surface area (TPSA) is 49.8 Å². The van der Waals surface area contributed by atoms with Crippen molar-refractivity contribution in [3.63, 3.8) is 0 Å². The van der Waals surface area contributed by atoms with E-state index < -0.39 is 0 Å². The fourth-order valence-electron chi connectivity index (χ4n) is 2.11. The van der Waals surface area contributed by atoms with Gasteiger partial charge in [0, 0.05) is 24.8 Å². The summed E-state index contributed by atoms with van der Waals surface area (Å²) in [7, 11) is 0. The van der Waals surface area contributed by atoms with Crippen molar-refractivity contribution >= 4 is 11.8 Å². The smallest absolute Gasteiger partial charge is 0.224 e. The first-order valence-electron chi connectivity index (χ1n) is 7.50. The van der Waals surface area contributed by atoms with Crippen molar-refractivity contribution in [1.82, 2.24) is 9.97 Å². The van der Waals surface area contributed by atoms with Crippen molar-refractivity contribution in [2.75, 3.05) is 17.2 Å². The maximum Gasteiger partial charge on any atom is 0.224 e. The number of aryl methyl sites for hydroxylation is 1. The molecule has 2 rings (SSSR count). The highest BCUT2D eigenvalue weighted by Crippen LogP contribution is 2.16. The number of nitrogens with one attached hydrogen (secondary N) is 2. The Morgan fingerprint density at radius 3 is 2.38 bits per heavy atom. The fourth-order valence-corrected chi connectivity index (χ4v) is 2.11. The minimum Gasteiger partial charge on any atom is -0.366 e. The van der Waals surface area contributed by atoms with E-state index in [4.69, 9.17) is 0 Å². The lowest BCUT2D eigenvalue weighted by atomic mass is 10.0. The summed E-state index contributed by atoms with van der Waals surface area (Å²) in [5, 5.41) is 6.50. The lowest BCUT2D eigenvalue weighted by Gasteiger charge is -2.10. The van der Waals surface area contributed by atoms with Gasteiger partial charge in [-0.2, -0.15) is 4.98 Å². The van der Waals surface area contributed by atoms with Crippen LogP contribution in [0.1, 0.15) is 43.5 Å². The molecule has 4 nitrogen and oxygen atoms in total. The van der Waals surface area contributed by atoms with E-state index in [-0.39, 0.29) is 0 Å². The maximum atomic E-state index is 4.45. The molecule has 0 fully saturated rings. The third-order valence-corrected chi connectivity index (χ3v) is 3.31. The van der Waals surface area contributed by atoms with E-state index in [0.29, 0.717) is 11.9 Å². The van der Waals surface area contributed by atoms with Gasteiger partial charge in [0.1, 0.15) is 5.82 Å². The third kappa shape index (κ3) is 4.45. The number of hydrogen-bond donors (Lipinski definition) is 2. The molecule has 1 aromatic heterocycles. The molecule has 2 aromatic rings. The van der Waals surface area contributed by atoms with Gasteiger partial charge in [0.15, 0.2) is 0 Å². The van der Waals surface area contributed by atoms with Crippen LogP contribution in [-0.2, 0) is 6.54 Å². The van der Waals surface area contributed by atoms with E-state index in [1.807, 2.05) is 19.9 Å². The molecule has 21 heavy (non-hydrogen) atoms. The van der Waals surface area contributed by atoms with Crippen molar-refractivity contribution in [3.05, 3.63) is 47.2 Å². The Morgan fingerprint density at radius 1 is 1.05 bits per heavy atom. The molecular weight excluding hydrogens is 260 g/mol. The molecule has 0 spiro atoms. The van der Waals surface area contributed by atoms with Crippen LogP contribution in [0.15, 0.2) is 30.3 Å². The number of rotatable bonds is 6. The highest BCUT2D eigenvalue weighted by atomic mass is 15.1. The lowest BCUT2D eigenvalue weighted by molar-refractivity contribution is 0.865. The van der Waals surface area contributed by atoms with E-state index in [9.17, 15) is 0 Å². The zero-order valence-electron chi connectivity index (χ0n) is 13.3. The molecule has 0 aliphatic carbocycles.